The minimum Gasteiger partial charge on any atom is -0.393 e. The lowest BCUT2D eigenvalue weighted by molar-refractivity contribution is 0.118. The summed E-state index contributed by atoms with van der Waals surface area (Å²) in [5.41, 5.74) is 1.89. The monoisotopic (exact) mass is 371 g/mol. The summed E-state index contributed by atoms with van der Waals surface area (Å²) in [4.78, 5) is 17.6. The van der Waals surface area contributed by atoms with Crippen LogP contribution in [0.15, 0.2) is 53.6 Å². The van der Waals surface area contributed by atoms with Crippen molar-refractivity contribution in [2.75, 3.05) is 11.1 Å². The van der Waals surface area contributed by atoms with Crippen molar-refractivity contribution in [1.29, 1.82) is 0 Å². The highest BCUT2D eigenvalue weighted by Gasteiger charge is 2.20. The molecule has 2 amide bonds. The number of nitrogens with zero attached hydrogens (tertiary/aromatic N) is 1. The van der Waals surface area contributed by atoms with Crippen LogP contribution in [0.25, 0.3) is 0 Å². The molecule has 1 aromatic heterocycles. The Labute approximate surface area is 158 Å². The molecule has 3 N–H and O–H groups in total. The molecule has 0 bridgehead atoms. The molecular weight excluding hydrogens is 346 g/mol. The standard InChI is InChI=1S/C20H25N3O2S/c24-18-8-4-16(5-9-18)22-20(25)23-17-6-10-19(11-7-17)26-14-12-15-3-1-2-13-21-15/h1-3,6-7,10-11,13,16,18,24H,4-5,8-9,12,14H2,(H2,22,23,25). The predicted octanol–water partition coefficient (Wildman–Crippen LogP) is 3.84. The van der Waals surface area contributed by atoms with Crippen LogP contribution in [-0.4, -0.2) is 34.0 Å². The summed E-state index contributed by atoms with van der Waals surface area (Å²) in [6.07, 6.45) is 5.73. The van der Waals surface area contributed by atoms with Crippen LogP contribution in [0.5, 0.6) is 0 Å². The molecule has 1 fully saturated rings. The van der Waals surface area contributed by atoms with Crippen LogP contribution < -0.4 is 10.6 Å². The highest BCUT2D eigenvalue weighted by Crippen LogP contribution is 2.22. The van der Waals surface area contributed by atoms with Crippen molar-refractivity contribution in [1.82, 2.24) is 10.3 Å². The number of anilines is 1. The Morgan fingerprint density at radius 2 is 1.88 bits per heavy atom. The zero-order chi connectivity index (χ0) is 18.2. The van der Waals surface area contributed by atoms with E-state index in [1.54, 1.807) is 11.8 Å². The normalized spacial score (nSPS) is 19.7. The van der Waals surface area contributed by atoms with Gasteiger partial charge in [0.25, 0.3) is 0 Å². The predicted molar refractivity (Wildman–Crippen MR) is 106 cm³/mol. The molecule has 0 radical (unpaired) electrons. The van der Waals surface area contributed by atoms with Crippen LogP contribution >= 0.6 is 11.8 Å². The zero-order valence-electron chi connectivity index (χ0n) is 14.7. The number of carbonyl (C=O) groups is 1. The number of rotatable bonds is 6. The molecule has 1 heterocycles. The lowest BCUT2D eigenvalue weighted by Gasteiger charge is -2.26. The van der Waals surface area contributed by atoms with Gasteiger partial charge in [-0.25, -0.2) is 4.79 Å². The van der Waals surface area contributed by atoms with Crippen molar-refractivity contribution < 1.29 is 9.90 Å². The molecule has 0 saturated heterocycles. The number of thioether (sulfide) groups is 1. The second-order valence-corrected chi connectivity index (χ2v) is 7.72. The number of carbonyl (C=O) groups excluding carboxylic acids is 1. The van der Waals surface area contributed by atoms with Crippen molar-refractivity contribution >= 4 is 23.5 Å². The maximum atomic E-state index is 12.1. The Bertz CT molecular complexity index is 686. The van der Waals surface area contributed by atoms with E-state index in [4.69, 9.17) is 0 Å². The average molecular weight is 372 g/mol. The number of benzene rings is 1. The van der Waals surface area contributed by atoms with Crippen LogP contribution in [0.3, 0.4) is 0 Å². The number of urea groups is 1. The fourth-order valence-electron chi connectivity index (χ4n) is 3.03. The van der Waals surface area contributed by atoms with Crippen molar-refractivity contribution in [3.8, 4) is 0 Å². The Morgan fingerprint density at radius 3 is 2.58 bits per heavy atom. The topological polar surface area (TPSA) is 74.2 Å². The average Bonchev–Trinajstić information content (AvgIpc) is 2.66. The second kappa shape index (κ2) is 9.59. The van der Waals surface area contributed by atoms with E-state index in [0.29, 0.717) is 0 Å². The van der Waals surface area contributed by atoms with Gasteiger partial charge in [-0.1, -0.05) is 6.07 Å². The van der Waals surface area contributed by atoms with Gasteiger partial charge in [-0.15, -0.1) is 11.8 Å². The van der Waals surface area contributed by atoms with Gasteiger partial charge >= 0.3 is 6.03 Å². The van der Waals surface area contributed by atoms with Crippen molar-refractivity contribution in [2.45, 2.75) is 49.1 Å². The maximum absolute atomic E-state index is 12.1. The highest BCUT2D eigenvalue weighted by atomic mass is 32.2. The third-order valence-electron chi connectivity index (χ3n) is 4.50. The van der Waals surface area contributed by atoms with Gasteiger partial charge in [0.1, 0.15) is 0 Å². The number of aromatic nitrogens is 1. The van der Waals surface area contributed by atoms with Gasteiger partial charge < -0.3 is 15.7 Å². The fourth-order valence-corrected chi connectivity index (χ4v) is 3.90. The van der Waals surface area contributed by atoms with Crippen LogP contribution in [0.1, 0.15) is 31.4 Å². The first-order valence-corrected chi connectivity index (χ1v) is 10.1. The molecule has 1 saturated carbocycles. The van der Waals surface area contributed by atoms with Gasteiger partial charge in [-0.05, 0) is 68.5 Å². The Balaban J connectivity index is 1.40. The lowest BCUT2D eigenvalue weighted by atomic mass is 9.93. The number of aliphatic hydroxyl groups excluding tert-OH is 1. The molecule has 0 aliphatic heterocycles. The molecule has 3 rings (SSSR count). The van der Waals surface area contributed by atoms with Gasteiger partial charge in [0.2, 0.25) is 0 Å². The number of nitrogens with one attached hydrogen (secondary N) is 2. The van der Waals surface area contributed by atoms with E-state index in [9.17, 15) is 9.90 Å². The number of aryl methyl sites for hydroxylation is 1. The molecule has 0 atom stereocenters. The van der Waals surface area contributed by atoms with E-state index >= 15 is 0 Å². The quantitative estimate of drug-likeness (QED) is 0.675. The van der Waals surface area contributed by atoms with E-state index in [0.717, 1.165) is 49.2 Å². The van der Waals surface area contributed by atoms with Gasteiger partial charge in [0.15, 0.2) is 0 Å². The first kappa shape index (κ1) is 18.7. The number of aliphatic hydroxyl groups is 1. The highest BCUT2D eigenvalue weighted by molar-refractivity contribution is 7.99. The van der Waals surface area contributed by atoms with Gasteiger partial charge in [-0.2, -0.15) is 0 Å². The molecule has 6 heteroatoms. The third kappa shape index (κ3) is 6.04. The summed E-state index contributed by atoms with van der Waals surface area (Å²) in [6.45, 7) is 0. The number of hydrogen-bond acceptors (Lipinski definition) is 4. The zero-order valence-corrected chi connectivity index (χ0v) is 15.5. The van der Waals surface area contributed by atoms with Gasteiger partial charge in [0, 0.05) is 34.3 Å². The van der Waals surface area contributed by atoms with Crippen molar-refractivity contribution in [3.63, 3.8) is 0 Å². The van der Waals surface area contributed by atoms with Gasteiger partial charge in [-0.3, -0.25) is 4.98 Å². The molecule has 0 unspecified atom stereocenters. The van der Waals surface area contributed by atoms with E-state index < -0.39 is 0 Å². The van der Waals surface area contributed by atoms with E-state index in [1.807, 2.05) is 48.7 Å². The van der Waals surface area contributed by atoms with E-state index in [2.05, 4.69) is 15.6 Å². The lowest BCUT2D eigenvalue weighted by Crippen LogP contribution is -2.40. The Kier molecular flexibility index (Phi) is 6.91. The van der Waals surface area contributed by atoms with Crippen LogP contribution in [0.4, 0.5) is 10.5 Å². The molecule has 2 aromatic rings. The minimum atomic E-state index is -0.209. The minimum absolute atomic E-state index is 0.153. The van der Waals surface area contributed by atoms with Crippen molar-refractivity contribution in [3.05, 3.63) is 54.4 Å². The van der Waals surface area contributed by atoms with Crippen LogP contribution in [0.2, 0.25) is 0 Å². The first-order valence-electron chi connectivity index (χ1n) is 9.07. The SMILES string of the molecule is O=C(Nc1ccc(SCCc2ccccn2)cc1)NC1CCC(O)CC1. The van der Waals surface area contributed by atoms with Crippen LogP contribution in [-0.2, 0) is 6.42 Å². The van der Waals surface area contributed by atoms with E-state index in [-0.39, 0.29) is 18.2 Å². The number of amides is 2. The smallest absolute Gasteiger partial charge is 0.319 e. The largest absolute Gasteiger partial charge is 0.393 e. The molecule has 1 aliphatic carbocycles. The Morgan fingerprint density at radius 1 is 1.12 bits per heavy atom. The Hall–Kier alpha value is -2.05. The molecular formula is C20H25N3O2S. The number of pyridine rings is 1. The summed E-state index contributed by atoms with van der Waals surface area (Å²) in [5.74, 6) is 0.970. The summed E-state index contributed by atoms with van der Waals surface area (Å²) in [7, 11) is 0. The molecule has 138 valence electrons. The summed E-state index contributed by atoms with van der Waals surface area (Å²) >= 11 is 1.78. The summed E-state index contributed by atoms with van der Waals surface area (Å²) in [5, 5.41) is 15.4. The molecule has 1 aromatic carbocycles. The molecule has 1 aliphatic rings. The third-order valence-corrected chi connectivity index (χ3v) is 5.51. The summed E-state index contributed by atoms with van der Waals surface area (Å²) < 4.78 is 0. The molecule has 0 spiro atoms. The van der Waals surface area contributed by atoms with Gasteiger partial charge in [0.05, 0.1) is 6.10 Å². The first-order chi connectivity index (χ1) is 12.7. The van der Waals surface area contributed by atoms with E-state index in [1.165, 1.54) is 4.90 Å². The van der Waals surface area contributed by atoms with Crippen molar-refractivity contribution in [2.24, 2.45) is 0 Å². The molecule has 5 nitrogen and oxygen atoms in total. The van der Waals surface area contributed by atoms with Crippen LogP contribution in [0, 0.1) is 0 Å². The fraction of sp³-hybridized carbons (Fsp3) is 0.400. The number of hydrogen-bond donors (Lipinski definition) is 3. The second-order valence-electron chi connectivity index (χ2n) is 6.55. The summed E-state index contributed by atoms with van der Waals surface area (Å²) in [6, 6.07) is 13.8. The molecule has 26 heavy (non-hydrogen) atoms. The maximum Gasteiger partial charge on any atom is 0.319 e.